The van der Waals surface area contributed by atoms with Crippen molar-refractivity contribution in [3.8, 4) is 0 Å². The van der Waals surface area contributed by atoms with Gasteiger partial charge >= 0.3 is 0 Å². The molecule has 3 aromatic rings. The van der Waals surface area contributed by atoms with Gasteiger partial charge in [-0.05, 0) is 22.9 Å². The molecule has 136 valence electrons. The van der Waals surface area contributed by atoms with Gasteiger partial charge in [0.15, 0.2) is 0 Å². The zero-order valence-corrected chi connectivity index (χ0v) is 15.6. The average molecular weight is 400 g/mol. The van der Waals surface area contributed by atoms with Gasteiger partial charge in [-0.3, -0.25) is 9.59 Å². The highest BCUT2D eigenvalue weighted by Crippen LogP contribution is 2.29. The van der Waals surface area contributed by atoms with E-state index in [2.05, 4.69) is 15.8 Å². The van der Waals surface area contributed by atoms with Crippen LogP contribution in [0.3, 0.4) is 0 Å². The van der Waals surface area contributed by atoms with Crippen LogP contribution in [0.5, 0.6) is 0 Å². The molecule has 2 amide bonds. The van der Waals surface area contributed by atoms with Gasteiger partial charge < -0.3 is 5.32 Å². The number of halogens is 2. The van der Waals surface area contributed by atoms with Crippen molar-refractivity contribution in [3.63, 3.8) is 0 Å². The lowest BCUT2D eigenvalue weighted by Gasteiger charge is -2.07. The average Bonchev–Trinajstić information content (AvgIpc) is 2.65. The summed E-state index contributed by atoms with van der Waals surface area (Å²) in [4.78, 5) is 23.9. The molecule has 0 aliphatic rings. The number of benzene rings is 3. The highest BCUT2D eigenvalue weighted by molar-refractivity contribution is 6.44. The van der Waals surface area contributed by atoms with E-state index < -0.39 is 18.2 Å². The first kappa shape index (κ1) is 18.9. The fourth-order valence-electron chi connectivity index (χ4n) is 2.52. The standard InChI is InChI=1S/C20H15Cl2N3O2/c21-16-9-4-10-17(20(16)22)24-18(26)11-19(27)25-23-12-14-7-3-6-13-5-1-2-8-15(13)14/h1-10,12H,11H2,(H,24,26)(H,25,27). The van der Waals surface area contributed by atoms with Crippen LogP contribution in [-0.4, -0.2) is 18.0 Å². The van der Waals surface area contributed by atoms with E-state index in [-0.39, 0.29) is 5.02 Å². The Kier molecular flexibility index (Phi) is 6.06. The molecule has 0 fully saturated rings. The monoisotopic (exact) mass is 399 g/mol. The summed E-state index contributed by atoms with van der Waals surface area (Å²) >= 11 is 11.9. The molecule has 0 atom stereocenters. The van der Waals surface area contributed by atoms with Crippen LogP contribution in [0, 0.1) is 0 Å². The van der Waals surface area contributed by atoms with E-state index in [9.17, 15) is 9.59 Å². The third kappa shape index (κ3) is 4.84. The lowest BCUT2D eigenvalue weighted by atomic mass is 10.1. The first-order valence-corrected chi connectivity index (χ1v) is 8.84. The Labute approximate surface area is 166 Å². The minimum Gasteiger partial charge on any atom is -0.324 e. The number of nitrogens with one attached hydrogen (secondary N) is 2. The Morgan fingerprint density at radius 1 is 0.926 bits per heavy atom. The van der Waals surface area contributed by atoms with Gasteiger partial charge in [-0.15, -0.1) is 0 Å². The fraction of sp³-hybridized carbons (Fsp3) is 0.0500. The van der Waals surface area contributed by atoms with E-state index in [4.69, 9.17) is 23.2 Å². The predicted octanol–water partition coefficient (Wildman–Crippen LogP) is 4.63. The zero-order chi connectivity index (χ0) is 19.2. The van der Waals surface area contributed by atoms with Gasteiger partial charge in [-0.2, -0.15) is 5.10 Å². The van der Waals surface area contributed by atoms with Crippen LogP contribution < -0.4 is 10.7 Å². The fourth-order valence-corrected chi connectivity index (χ4v) is 2.86. The molecule has 0 unspecified atom stereocenters. The number of fused-ring (bicyclic) bond motifs is 1. The van der Waals surface area contributed by atoms with Crippen molar-refractivity contribution in [2.75, 3.05) is 5.32 Å². The number of hydrogen-bond donors (Lipinski definition) is 2. The molecule has 0 aliphatic carbocycles. The van der Waals surface area contributed by atoms with Gasteiger partial charge in [0, 0.05) is 5.56 Å². The Bertz CT molecular complexity index is 1030. The molecular formula is C20H15Cl2N3O2. The number of amides is 2. The molecular weight excluding hydrogens is 385 g/mol. The molecule has 0 aliphatic heterocycles. The summed E-state index contributed by atoms with van der Waals surface area (Å²) in [7, 11) is 0. The van der Waals surface area contributed by atoms with Gasteiger partial charge in [0.25, 0.3) is 0 Å². The van der Waals surface area contributed by atoms with Gasteiger partial charge in [0.1, 0.15) is 6.42 Å². The quantitative estimate of drug-likeness (QED) is 0.373. The number of hydrazone groups is 1. The molecule has 3 rings (SSSR count). The molecule has 2 N–H and O–H groups in total. The molecule has 0 bridgehead atoms. The SMILES string of the molecule is O=C(CC(=O)Nc1cccc(Cl)c1Cl)NN=Cc1cccc2ccccc12. The van der Waals surface area contributed by atoms with Crippen LogP contribution in [0.15, 0.2) is 65.8 Å². The van der Waals surface area contributed by atoms with Crippen LogP contribution >= 0.6 is 23.2 Å². The number of rotatable bonds is 5. The highest BCUT2D eigenvalue weighted by atomic mass is 35.5. The van der Waals surface area contributed by atoms with Crippen molar-refractivity contribution in [2.24, 2.45) is 5.10 Å². The molecule has 0 spiro atoms. The summed E-state index contributed by atoms with van der Waals surface area (Å²) in [5.41, 5.74) is 3.56. The molecule has 0 aromatic heterocycles. The highest BCUT2D eigenvalue weighted by Gasteiger charge is 2.12. The van der Waals surface area contributed by atoms with Crippen molar-refractivity contribution < 1.29 is 9.59 Å². The third-order valence-electron chi connectivity index (χ3n) is 3.76. The number of anilines is 1. The van der Waals surface area contributed by atoms with Crippen LogP contribution in [0.25, 0.3) is 10.8 Å². The molecule has 27 heavy (non-hydrogen) atoms. The van der Waals surface area contributed by atoms with Crippen molar-refractivity contribution >= 4 is 57.7 Å². The van der Waals surface area contributed by atoms with E-state index >= 15 is 0 Å². The summed E-state index contributed by atoms with van der Waals surface area (Å²) in [6.45, 7) is 0. The second-order valence-corrected chi connectivity index (χ2v) is 6.47. The minimum absolute atomic E-state index is 0.224. The Morgan fingerprint density at radius 2 is 1.67 bits per heavy atom. The maximum atomic E-state index is 12.0. The largest absolute Gasteiger partial charge is 0.324 e. The second kappa shape index (κ2) is 8.66. The van der Waals surface area contributed by atoms with E-state index in [0.29, 0.717) is 10.7 Å². The molecule has 7 heteroatoms. The molecule has 3 aromatic carbocycles. The van der Waals surface area contributed by atoms with Gasteiger partial charge in [-0.25, -0.2) is 5.43 Å². The third-order valence-corrected chi connectivity index (χ3v) is 4.58. The summed E-state index contributed by atoms with van der Waals surface area (Å²) in [5.74, 6) is -1.06. The second-order valence-electron chi connectivity index (χ2n) is 5.69. The van der Waals surface area contributed by atoms with Crippen LogP contribution in [0.2, 0.25) is 10.0 Å². The number of hydrogen-bond acceptors (Lipinski definition) is 3. The topological polar surface area (TPSA) is 70.6 Å². The summed E-state index contributed by atoms with van der Waals surface area (Å²) in [5, 5.41) is 9.11. The number of nitrogens with zero attached hydrogens (tertiary/aromatic N) is 1. The smallest absolute Gasteiger partial charge is 0.249 e. The van der Waals surface area contributed by atoms with Crippen LogP contribution in [-0.2, 0) is 9.59 Å². The molecule has 0 heterocycles. The first-order chi connectivity index (χ1) is 13.0. The number of carbonyl (C=O) groups is 2. The Hall–Kier alpha value is -2.89. The minimum atomic E-state index is -0.540. The number of carbonyl (C=O) groups excluding carboxylic acids is 2. The van der Waals surface area contributed by atoms with Crippen molar-refractivity contribution in [1.82, 2.24) is 5.43 Å². The molecule has 5 nitrogen and oxygen atoms in total. The maximum Gasteiger partial charge on any atom is 0.249 e. The van der Waals surface area contributed by atoms with E-state index in [1.54, 1.807) is 24.4 Å². The van der Waals surface area contributed by atoms with Crippen LogP contribution in [0.1, 0.15) is 12.0 Å². The van der Waals surface area contributed by atoms with Gasteiger partial charge in [-0.1, -0.05) is 71.7 Å². The summed E-state index contributed by atoms with van der Waals surface area (Å²) in [6, 6.07) is 18.5. The lowest BCUT2D eigenvalue weighted by Crippen LogP contribution is -2.24. The van der Waals surface area contributed by atoms with Gasteiger partial charge in [0.2, 0.25) is 11.8 Å². The normalized spacial score (nSPS) is 10.9. The lowest BCUT2D eigenvalue weighted by molar-refractivity contribution is -0.126. The summed E-state index contributed by atoms with van der Waals surface area (Å²) in [6.07, 6.45) is 1.15. The summed E-state index contributed by atoms with van der Waals surface area (Å²) < 4.78 is 0. The van der Waals surface area contributed by atoms with Crippen molar-refractivity contribution in [1.29, 1.82) is 0 Å². The molecule has 0 saturated heterocycles. The van der Waals surface area contributed by atoms with E-state index in [0.717, 1.165) is 16.3 Å². The predicted molar refractivity (Wildman–Crippen MR) is 109 cm³/mol. The van der Waals surface area contributed by atoms with Crippen molar-refractivity contribution in [2.45, 2.75) is 6.42 Å². The Morgan fingerprint density at radius 3 is 2.52 bits per heavy atom. The first-order valence-electron chi connectivity index (χ1n) is 8.08. The molecule has 0 saturated carbocycles. The van der Waals surface area contributed by atoms with Crippen LogP contribution in [0.4, 0.5) is 5.69 Å². The van der Waals surface area contributed by atoms with E-state index in [1.807, 2.05) is 42.5 Å². The van der Waals surface area contributed by atoms with Gasteiger partial charge in [0.05, 0.1) is 21.9 Å². The maximum absolute atomic E-state index is 12.0. The van der Waals surface area contributed by atoms with Crippen molar-refractivity contribution in [3.05, 3.63) is 76.3 Å². The Balaban J connectivity index is 1.58. The molecule has 0 radical (unpaired) electrons. The zero-order valence-electron chi connectivity index (χ0n) is 14.1. The van der Waals surface area contributed by atoms with E-state index in [1.165, 1.54) is 0 Å².